The van der Waals surface area contributed by atoms with E-state index in [4.69, 9.17) is 5.73 Å². The van der Waals surface area contributed by atoms with Crippen LogP contribution in [0.5, 0.6) is 0 Å². The van der Waals surface area contributed by atoms with Gasteiger partial charge in [-0.3, -0.25) is 0 Å². The number of hydrogen-bond donors (Lipinski definition) is 2. The minimum absolute atomic E-state index is 0.0478. The second-order valence-electron chi connectivity index (χ2n) is 4.44. The topological polar surface area (TPSA) is 97.8 Å². The standard InChI is InChI=1S/C10H16N4O2/c11-7-10(4-2-1-3-5-10)8-6-9(13-12-8)14(15)16/h6H,1-5,7,11H2,(H,12,13). The molecule has 6 heteroatoms. The molecule has 2 rings (SSSR count). The zero-order valence-electron chi connectivity index (χ0n) is 9.11. The van der Waals surface area contributed by atoms with Crippen molar-refractivity contribution in [1.29, 1.82) is 0 Å². The van der Waals surface area contributed by atoms with Gasteiger partial charge in [0.1, 0.15) is 0 Å². The molecule has 0 amide bonds. The van der Waals surface area contributed by atoms with Crippen molar-refractivity contribution < 1.29 is 4.92 Å². The molecule has 0 unspecified atom stereocenters. The summed E-state index contributed by atoms with van der Waals surface area (Å²) < 4.78 is 0. The summed E-state index contributed by atoms with van der Waals surface area (Å²) in [6, 6.07) is 1.53. The average Bonchev–Trinajstić information content (AvgIpc) is 2.80. The summed E-state index contributed by atoms with van der Waals surface area (Å²) in [7, 11) is 0. The fourth-order valence-corrected chi connectivity index (χ4v) is 2.47. The smallest absolute Gasteiger partial charge is 0.342 e. The average molecular weight is 224 g/mol. The normalized spacial score (nSPS) is 19.6. The van der Waals surface area contributed by atoms with Gasteiger partial charge >= 0.3 is 5.82 Å². The van der Waals surface area contributed by atoms with Crippen molar-refractivity contribution in [2.45, 2.75) is 37.5 Å². The Bertz CT molecular complexity index is 382. The lowest BCUT2D eigenvalue weighted by atomic mass is 9.72. The van der Waals surface area contributed by atoms with Gasteiger partial charge in [-0.05, 0) is 17.8 Å². The summed E-state index contributed by atoms with van der Waals surface area (Å²) in [5.74, 6) is -0.0478. The molecule has 0 radical (unpaired) electrons. The van der Waals surface area contributed by atoms with Crippen LogP contribution < -0.4 is 5.73 Å². The van der Waals surface area contributed by atoms with E-state index in [0.717, 1.165) is 31.4 Å². The van der Waals surface area contributed by atoms with Gasteiger partial charge in [-0.25, -0.2) is 0 Å². The lowest BCUT2D eigenvalue weighted by Gasteiger charge is -2.33. The molecule has 0 aromatic carbocycles. The number of H-pyrrole nitrogens is 1. The predicted molar refractivity (Wildman–Crippen MR) is 59.1 cm³/mol. The number of aromatic amines is 1. The van der Waals surface area contributed by atoms with Crippen molar-refractivity contribution in [1.82, 2.24) is 10.2 Å². The number of nitro groups is 1. The van der Waals surface area contributed by atoms with E-state index in [0.29, 0.717) is 6.54 Å². The quantitative estimate of drug-likeness (QED) is 0.600. The molecule has 0 spiro atoms. The molecule has 0 aliphatic heterocycles. The Kier molecular flexibility index (Phi) is 2.91. The van der Waals surface area contributed by atoms with Crippen molar-refractivity contribution in [2.75, 3.05) is 6.54 Å². The second kappa shape index (κ2) is 4.21. The van der Waals surface area contributed by atoms with E-state index in [1.165, 1.54) is 12.5 Å². The maximum absolute atomic E-state index is 10.6. The zero-order chi connectivity index (χ0) is 11.6. The van der Waals surface area contributed by atoms with Crippen LogP contribution in [0.3, 0.4) is 0 Å². The van der Waals surface area contributed by atoms with Gasteiger partial charge in [0, 0.05) is 12.0 Å². The number of aromatic nitrogens is 2. The molecule has 6 nitrogen and oxygen atoms in total. The number of nitrogens with two attached hydrogens (primary N) is 1. The monoisotopic (exact) mass is 224 g/mol. The molecule has 3 N–H and O–H groups in total. The van der Waals surface area contributed by atoms with Gasteiger partial charge in [-0.1, -0.05) is 24.4 Å². The highest BCUT2D eigenvalue weighted by Crippen LogP contribution is 2.38. The molecule has 16 heavy (non-hydrogen) atoms. The molecular weight excluding hydrogens is 208 g/mol. The molecule has 1 aliphatic carbocycles. The van der Waals surface area contributed by atoms with E-state index in [1.807, 2.05) is 0 Å². The molecule has 1 aliphatic rings. The van der Waals surface area contributed by atoms with E-state index in [1.54, 1.807) is 0 Å². The van der Waals surface area contributed by atoms with Crippen molar-refractivity contribution in [3.8, 4) is 0 Å². The van der Waals surface area contributed by atoms with Crippen LogP contribution in [-0.2, 0) is 5.41 Å². The van der Waals surface area contributed by atoms with Crippen LogP contribution in [0.2, 0.25) is 0 Å². The van der Waals surface area contributed by atoms with Gasteiger partial charge in [-0.2, -0.15) is 0 Å². The molecule has 0 bridgehead atoms. The van der Waals surface area contributed by atoms with Crippen LogP contribution in [0.25, 0.3) is 0 Å². The first-order chi connectivity index (χ1) is 7.68. The Morgan fingerprint density at radius 3 is 2.69 bits per heavy atom. The Labute approximate surface area is 93.4 Å². The Hall–Kier alpha value is -1.43. The summed E-state index contributed by atoms with van der Waals surface area (Å²) in [5, 5.41) is 17.1. The summed E-state index contributed by atoms with van der Waals surface area (Å²) in [6.45, 7) is 0.509. The van der Waals surface area contributed by atoms with E-state index >= 15 is 0 Å². The van der Waals surface area contributed by atoms with Crippen LogP contribution in [0.4, 0.5) is 5.82 Å². The minimum Gasteiger partial charge on any atom is -0.358 e. The Balaban J connectivity index is 2.28. The molecule has 1 fully saturated rings. The predicted octanol–water partition coefficient (Wildman–Crippen LogP) is 1.48. The maximum Gasteiger partial charge on any atom is 0.342 e. The van der Waals surface area contributed by atoms with Gasteiger partial charge < -0.3 is 15.8 Å². The minimum atomic E-state index is -0.455. The van der Waals surface area contributed by atoms with Crippen LogP contribution in [0.15, 0.2) is 6.07 Å². The molecule has 1 heterocycles. The number of nitrogens with one attached hydrogen (secondary N) is 1. The third-order valence-corrected chi connectivity index (χ3v) is 3.51. The number of hydrogen-bond acceptors (Lipinski definition) is 4. The molecule has 1 aromatic heterocycles. The van der Waals surface area contributed by atoms with E-state index < -0.39 is 4.92 Å². The van der Waals surface area contributed by atoms with Crippen LogP contribution >= 0.6 is 0 Å². The first-order valence-electron chi connectivity index (χ1n) is 5.58. The molecular formula is C10H16N4O2. The van der Waals surface area contributed by atoms with E-state index in [9.17, 15) is 10.1 Å². The zero-order valence-corrected chi connectivity index (χ0v) is 9.11. The van der Waals surface area contributed by atoms with E-state index in [-0.39, 0.29) is 11.2 Å². The van der Waals surface area contributed by atoms with Crippen LogP contribution in [-0.4, -0.2) is 21.7 Å². The van der Waals surface area contributed by atoms with Crippen molar-refractivity contribution in [3.63, 3.8) is 0 Å². The Morgan fingerprint density at radius 2 is 2.19 bits per heavy atom. The summed E-state index contributed by atoms with van der Waals surface area (Å²) in [4.78, 5) is 10.1. The SMILES string of the molecule is NCC1(c2cc([N+](=O)[O-])[nH]n2)CCCCC1. The third-order valence-electron chi connectivity index (χ3n) is 3.51. The molecule has 1 aromatic rings. The number of rotatable bonds is 3. The molecule has 88 valence electrons. The fraction of sp³-hybridized carbons (Fsp3) is 0.700. The Morgan fingerprint density at radius 1 is 1.50 bits per heavy atom. The first kappa shape index (κ1) is 11.1. The van der Waals surface area contributed by atoms with E-state index in [2.05, 4.69) is 10.2 Å². The second-order valence-corrected chi connectivity index (χ2v) is 4.44. The largest absolute Gasteiger partial charge is 0.358 e. The first-order valence-corrected chi connectivity index (χ1v) is 5.58. The summed E-state index contributed by atoms with van der Waals surface area (Å²) in [6.07, 6.45) is 5.42. The third kappa shape index (κ3) is 1.80. The highest BCUT2D eigenvalue weighted by Gasteiger charge is 2.36. The van der Waals surface area contributed by atoms with Gasteiger partial charge in [0.2, 0.25) is 0 Å². The summed E-state index contributed by atoms with van der Waals surface area (Å²) >= 11 is 0. The van der Waals surface area contributed by atoms with Gasteiger partial charge in [-0.15, -0.1) is 5.10 Å². The summed E-state index contributed by atoms with van der Waals surface area (Å²) in [5.41, 5.74) is 6.43. The lowest BCUT2D eigenvalue weighted by molar-refractivity contribution is -0.389. The van der Waals surface area contributed by atoms with Crippen molar-refractivity contribution in [3.05, 3.63) is 21.9 Å². The van der Waals surface area contributed by atoms with Gasteiger partial charge in [0.05, 0.1) is 11.8 Å². The fourth-order valence-electron chi connectivity index (χ4n) is 2.47. The van der Waals surface area contributed by atoms with Crippen LogP contribution in [0.1, 0.15) is 37.8 Å². The molecule has 1 saturated carbocycles. The van der Waals surface area contributed by atoms with Crippen molar-refractivity contribution >= 4 is 5.82 Å². The maximum atomic E-state index is 10.6. The van der Waals surface area contributed by atoms with Gasteiger partial charge in [0.25, 0.3) is 0 Å². The number of nitrogens with zero attached hydrogens (tertiary/aromatic N) is 2. The van der Waals surface area contributed by atoms with Crippen molar-refractivity contribution in [2.24, 2.45) is 5.73 Å². The van der Waals surface area contributed by atoms with Crippen LogP contribution in [0, 0.1) is 10.1 Å². The highest BCUT2D eigenvalue weighted by atomic mass is 16.6. The van der Waals surface area contributed by atoms with Gasteiger partial charge in [0.15, 0.2) is 0 Å². The molecule has 0 atom stereocenters. The molecule has 0 saturated heterocycles. The highest BCUT2D eigenvalue weighted by molar-refractivity contribution is 5.27. The lowest BCUT2D eigenvalue weighted by Crippen LogP contribution is -2.37.